The van der Waals surface area contributed by atoms with E-state index in [1.165, 1.54) is 20.8 Å². The summed E-state index contributed by atoms with van der Waals surface area (Å²) in [6.07, 6.45) is -2.14. The summed E-state index contributed by atoms with van der Waals surface area (Å²) >= 11 is 0. The van der Waals surface area contributed by atoms with Crippen molar-refractivity contribution in [3.8, 4) is 0 Å². The Bertz CT molecular complexity index is 377. The van der Waals surface area contributed by atoms with E-state index >= 15 is 0 Å². The highest BCUT2D eigenvalue weighted by atomic mass is 31.2. The fourth-order valence-electron chi connectivity index (χ4n) is 1.79. The molecule has 1 unspecified atom stereocenters. The molecule has 0 bridgehead atoms. The van der Waals surface area contributed by atoms with Gasteiger partial charge in [0.15, 0.2) is 5.67 Å². The van der Waals surface area contributed by atoms with Crippen molar-refractivity contribution in [1.82, 2.24) is 0 Å². The Labute approximate surface area is 121 Å². The van der Waals surface area contributed by atoms with Gasteiger partial charge in [0, 0.05) is 0 Å². The predicted molar refractivity (Wildman–Crippen MR) is 74.9 cm³/mol. The second-order valence-electron chi connectivity index (χ2n) is 5.81. The summed E-state index contributed by atoms with van der Waals surface area (Å²) in [7, 11) is 1.65. The third kappa shape index (κ3) is 4.04. The lowest BCUT2D eigenvalue weighted by molar-refractivity contribution is -0.0452. The zero-order valence-corrected chi connectivity index (χ0v) is 13.5. The molecule has 116 valence electrons. The maximum atomic E-state index is 14.6. The predicted octanol–water partition coefficient (Wildman–Crippen LogP) is 2.01. The first-order valence-electron chi connectivity index (χ1n) is 6.71. The minimum atomic E-state index is -3.94. The zero-order chi connectivity index (χ0) is 15.7. The lowest BCUT2D eigenvalue weighted by atomic mass is 9.83. The van der Waals surface area contributed by atoms with Gasteiger partial charge < -0.3 is 14.4 Å². The van der Waals surface area contributed by atoms with Crippen LogP contribution in [-0.2, 0) is 18.6 Å². The van der Waals surface area contributed by atoms with Gasteiger partial charge in [-0.2, -0.15) is 0 Å². The maximum Gasteiger partial charge on any atom is 0.331 e. The molecule has 5 atom stereocenters. The Morgan fingerprint density at radius 2 is 2.00 bits per heavy atom. The average molecular weight is 308 g/mol. The molecule has 0 saturated carbocycles. The minimum Gasteiger partial charge on any atom is -0.376 e. The summed E-state index contributed by atoms with van der Waals surface area (Å²) in [5.74, 6) is 0. The van der Waals surface area contributed by atoms with E-state index < -0.39 is 37.1 Å². The molecule has 5 nitrogen and oxygen atoms in total. The smallest absolute Gasteiger partial charge is 0.331 e. The molecule has 0 amide bonds. The van der Waals surface area contributed by atoms with Gasteiger partial charge in [-0.15, -0.1) is 0 Å². The molecule has 0 aromatic heterocycles. The molecule has 0 spiro atoms. The second-order valence-corrected chi connectivity index (χ2v) is 8.18. The van der Waals surface area contributed by atoms with Crippen LogP contribution in [0.25, 0.3) is 0 Å². The van der Waals surface area contributed by atoms with E-state index in [0.717, 1.165) is 0 Å². The van der Waals surface area contributed by atoms with Crippen molar-refractivity contribution in [2.24, 2.45) is 0 Å². The van der Waals surface area contributed by atoms with Gasteiger partial charge in [-0.25, -0.2) is 4.39 Å². The van der Waals surface area contributed by atoms with Gasteiger partial charge in [-0.05, 0) is 20.8 Å². The van der Waals surface area contributed by atoms with Gasteiger partial charge in [0.05, 0.1) is 24.4 Å². The molecule has 1 N–H and O–H groups in total. The standard InChI is InChI=1S/C12H23BFO5P/c1-7(2)17-6-9-10(12(5,14)11(13)18-9)19-20(15,16)8(3)4/h7-11H,6H2,1-5H3,(H,15,16)/t9-,10-,11-,12+/m1/s1. The van der Waals surface area contributed by atoms with Crippen LogP contribution in [0.1, 0.15) is 34.6 Å². The SMILES string of the molecule is [B][C@@H]1O[C@H](COC(C)C)[C@@H](OP(=O)(O)C(C)C)[C@]1(C)F. The molecular weight excluding hydrogens is 285 g/mol. The van der Waals surface area contributed by atoms with Crippen molar-refractivity contribution < 1.29 is 27.8 Å². The summed E-state index contributed by atoms with van der Waals surface area (Å²) in [4.78, 5) is 9.80. The maximum absolute atomic E-state index is 14.6. The Balaban J connectivity index is 2.87. The average Bonchev–Trinajstić information content (AvgIpc) is 2.49. The van der Waals surface area contributed by atoms with Gasteiger partial charge in [0.1, 0.15) is 20.1 Å². The van der Waals surface area contributed by atoms with Crippen LogP contribution >= 0.6 is 7.60 Å². The second kappa shape index (κ2) is 6.45. The first-order chi connectivity index (χ1) is 8.98. The van der Waals surface area contributed by atoms with Crippen molar-refractivity contribution >= 4 is 15.4 Å². The molecule has 0 aromatic carbocycles. The quantitative estimate of drug-likeness (QED) is 0.601. The van der Waals surface area contributed by atoms with Crippen LogP contribution in [0.15, 0.2) is 0 Å². The van der Waals surface area contributed by atoms with Crippen LogP contribution in [-0.4, -0.2) is 55.0 Å². The van der Waals surface area contributed by atoms with Crippen LogP contribution in [0.2, 0.25) is 0 Å². The molecule has 1 aliphatic rings. The molecule has 0 aromatic rings. The topological polar surface area (TPSA) is 65.0 Å². The van der Waals surface area contributed by atoms with E-state index in [4.69, 9.17) is 21.8 Å². The van der Waals surface area contributed by atoms with Crippen LogP contribution < -0.4 is 0 Å². The minimum absolute atomic E-state index is 0.0492. The fourth-order valence-corrected chi connectivity index (χ4v) is 2.70. The molecule has 1 fully saturated rings. The Morgan fingerprint density at radius 3 is 2.45 bits per heavy atom. The lowest BCUT2D eigenvalue weighted by Gasteiger charge is -2.30. The summed E-state index contributed by atoms with van der Waals surface area (Å²) < 4.78 is 42.4. The van der Waals surface area contributed by atoms with Crippen LogP contribution in [0, 0.1) is 0 Å². The molecule has 1 saturated heterocycles. The van der Waals surface area contributed by atoms with E-state index in [1.54, 1.807) is 0 Å². The van der Waals surface area contributed by atoms with E-state index in [0.29, 0.717) is 0 Å². The number of ether oxygens (including phenoxy) is 2. The number of hydrogen-bond acceptors (Lipinski definition) is 4. The molecule has 1 heterocycles. The van der Waals surface area contributed by atoms with Crippen molar-refractivity contribution in [2.45, 2.75) is 70.3 Å². The summed E-state index contributed by atoms with van der Waals surface area (Å²) in [5.41, 5.74) is -2.69. The fraction of sp³-hybridized carbons (Fsp3) is 1.00. The van der Waals surface area contributed by atoms with Crippen molar-refractivity contribution in [3.63, 3.8) is 0 Å². The van der Waals surface area contributed by atoms with Crippen LogP contribution in [0.5, 0.6) is 0 Å². The molecule has 0 aliphatic carbocycles. The van der Waals surface area contributed by atoms with Gasteiger partial charge in [0.2, 0.25) is 0 Å². The number of alkyl halides is 1. The normalized spacial score (nSPS) is 37.5. The molecular formula is C12H23BFO5P. The van der Waals surface area contributed by atoms with Crippen molar-refractivity contribution in [2.75, 3.05) is 6.61 Å². The lowest BCUT2D eigenvalue weighted by Crippen LogP contribution is -2.44. The van der Waals surface area contributed by atoms with Gasteiger partial charge in [-0.1, -0.05) is 13.8 Å². The first-order valence-corrected chi connectivity index (χ1v) is 8.35. The highest BCUT2D eigenvalue weighted by Crippen LogP contribution is 2.52. The highest BCUT2D eigenvalue weighted by molar-refractivity contribution is 7.53. The molecule has 1 aliphatic heterocycles. The van der Waals surface area contributed by atoms with E-state index in [-0.39, 0.29) is 12.7 Å². The summed E-state index contributed by atoms with van der Waals surface area (Å²) in [6, 6.07) is -1.22. The van der Waals surface area contributed by atoms with Crippen LogP contribution in [0.3, 0.4) is 0 Å². The van der Waals surface area contributed by atoms with Gasteiger partial charge in [-0.3, -0.25) is 9.09 Å². The van der Waals surface area contributed by atoms with Crippen LogP contribution in [0.4, 0.5) is 4.39 Å². The third-order valence-corrected chi connectivity index (χ3v) is 5.12. The highest BCUT2D eigenvalue weighted by Gasteiger charge is 2.55. The van der Waals surface area contributed by atoms with E-state index in [1.807, 2.05) is 13.8 Å². The van der Waals surface area contributed by atoms with Crippen molar-refractivity contribution in [3.05, 3.63) is 0 Å². The molecule has 2 radical (unpaired) electrons. The Hall–Kier alpha value is 0.0649. The zero-order valence-electron chi connectivity index (χ0n) is 12.6. The molecule has 8 heteroatoms. The number of halogens is 1. The van der Waals surface area contributed by atoms with E-state index in [9.17, 15) is 13.8 Å². The summed E-state index contributed by atoms with van der Waals surface area (Å²) in [6.45, 7) is 7.97. The molecule has 1 rings (SSSR count). The number of hydrogen-bond donors (Lipinski definition) is 1. The third-order valence-electron chi connectivity index (χ3n) is 3.28. The summed E-state index contributed by atoms with van der Waals surface area (Å²) in [5, 5.41) is 0. The Morgan fingerprint density at radius 1 is 1.45 bits per heavy atom. The van der Waals surface area contributed by atoms with Gasteiger partial charge >= 0.3 is 7.60 Å². The van der Waals surface area contributed by atoms with Gasteiger partial charge in [0.25, 0.3) is 0 Å². The monoisotopic (exact) mass is 308 g/mol. The molecule has 20 heavy (non-hydrogen) atoms. The van der Waals surface area contributed by atoms with E-state index in [2.05, 4.69) is 0 Å². The Kier molecular flexibility index (Phi) is 5.84. The number of rotatable bonds is 6. The largest absolute Gasteiger partial charge is 0.376 e. The first kappa shape index (κ1) is 18.1. The van der Waals surface area contributed by atoms with Crippen molar-refractivity contribution in [1.29, 1.82) is 0 Å².